The number of nitrogens with two attached hydrogens (primary N) is 2. The molecule has 0 spiro atoms. The van der Waals surface area contributed by atoms with Crippen molar-refractivity contribution in [1.82, 2.24) is 9.97 Å². The molecule has 26 heavy (non-hydrogen) atoms. The number of benzene rings is 2. The third-order valence-corrected chi connectivity index (χ3v) is 4.33. The first-order valence-corrected chi connectivity index (χ1v) is 9.03. The Kier molecular flexibility index (Phi) is 5.50. The van der Waals surface area contributed by atoms with Gasteiger partial charge in [-0.05, 0) is 24.6 Å². The highest BCUT2D eigenvalue weighted by Crippen LogP contribution is 2.20. The lowest BCUT2D eigenvalue weighted by atomic mass is 10.1. The van der Waals surface area contributed by atoms with Gasteiger partial charge in [-0.2, -0.15) is 0 Å². The van der Waals surface area contributed by atoms with E-state index in [2.05, 4.69) is 15.3 Å². The smallest absolute Gasteiger partial charge is 0.278 e. The summed E-state index contributed by atoms with van der Waals surface area (Å²) in [6.45, 7) is 2.01. The third kappa shape index (κ3) is 4.19. The first-order chi connectivity index (χ1) is 12.6. The highest BCUT2D eigenvalue weighted by Gasteiger charge is 2.15. The lowest BCUT2D eigenvalue weighted by Crippen LogP contribution is -2.17. The van der Waals surface area contributed by atoms with E-state index >= 15 is 0 Å². The monoisotopic (exact) mass is 365 g/mol. The van der Waals surface area contributed by atoms with Crippen molar-refractivity contribution in [1.29, 1.82) is 0 Å². The van der Waals surface area contributed by atoms with Gasteiger partial charge in [0, 0.05) is 17.0 Å². The van der Waals surface area contributed by atoms with E-state index in [1.54, 1.807) is 6.20 Å². The second-order valence-electron chi connectivity index (χ2n) is 5.82. The van der Waals surface area contributed by atoms with Gasteiger partial charge in [0.25, 0.3) is 5.91 Å². The standard InChI is InChI=1S/C19H19N5OS/c1-12-2-6-14(7-3-12)16-10-22-18(20)17(24-16)19(25)23-15-8-4-13(5-9-15)11-26-21/h2-10H,11,21H2,1H3,(H2,20,22)(H,23,25). The zero-order valence-electron chi connectivity index (χ0n) is 14.3. The van der Waals surface area contributed by atoms with Crippen molar-refractivity contribution in [2.24, 2.45) is 5.14 Å². The summed E-state index contributed by atoms with van der Waals surface area (Å²) in [6, 6.07) is 15.3. The van der Waals surface area contributed by atoms with Crippen LogP contribution in [0.3, 0.4) is 0 Å². The van der Waals surface area contributed by atoms with Crippen LogP contribution in [0.5, 0.6) is 0 Å². The van der Waals surface area contributed by atoms with Crippen LogP contribution in [0.15, 0.2) is 54.7 Å². The molecule has 0 fully saturated rings. The van der Waals surface area contributed by atoms with Crippen molar-refractivity contribution in [2.75, 3.05) is 11.1 Å². The van der Waals surface area contributed by atoms with E-state index in [1.807, 2.05) is 55.5 Å². The molecule has 1 aromatic heterocycles. The number of nitrogens with zero attached hydrogens (tertiary/aromatic N) is 2. The van der Waals surface area contributed by atoms with Gasteiger partial charge in [0.2, 0.25) is 0 Å². The Bertz CT molecular complexity index is 910. The molecular formula is C19H19N5OS. The Morgan fingerprint density at radius 2 is 1.81 bits per heavy atom. The molecule has 3 aromatic rings. The van der Waals surface area contributed by atoms with Crippen LogP contribution in [-0.2, 0) is 5.75 Å². The molecule has 0 saturated carbocycles. The molecule has 0 unspecified atom stereocenters. The Balaban J connectivity index is 1.82. The Morgan fingerprint density at radius 3 is 2.46 bits per heavy atom. The van der Waals surface area contributed by atoms with E-state index in [0.717, 1.165) is 16.7 Å². The lowest BCUT2D eigenvalue weighted by molar-refractivity contribution is 0.102. The summed E-state index contributed by atoms with van der Waals surface area (Å²) in [5.41, 5.74) is 10.3. The van der Waals surface area contributed by atoms with Crippen LogP contribution < -0.4 is 16.2 Å². The summed E-state index contributed by atoms with van der Waals surface area (Å²) in [4.78, 5) is 21.1. The van der Waals surface area contributed by atoms with Gasteiger partial charge in [0.15, 0.2) is 11.5 Å². The molecular weight excluding hydrogens is 346 g/mol. The van der Waals surface area contributed by atoms with Crippen LogP contribution >= 0.6 is 11.9 Å². The van der Waals surface area contributed by atoms with E-state index in [-0.39, 0.29) is 11.5 Å². The van der Waals surface area contributed by atoms with E-state index in [1.165, 1.54) is 11.9 Å². The summed E-state index contributed by atoms with van der Waals surface area (Å²) in [7, 11) is 0. The number of hydrogen-bond acceptors (Lipinski definition) is 6. The minimum Gasteiger partial charge on any atom is -0.382 e. The summed E-state index contributed by atoms with van der Waals surface area (Å²) < 4.78 is 0. The fourth-order valence-corrected chi connectivity index (χ4v) is 2.78. The van der Waals surface area contributed by atoms with Gasteiger partial charge >= 0.3 is 0 Å². The fourth-order valence-electron chi connectivity index (χ4n) is 2.40. The average molecular weight is 365 g/mol. The Labute approximate surface area is 156 Å². The van der Waals surface area contributed by atoms with E-state index in [9.17, 15) is 4.79 Å². The van der Waals surface area contributed by atoms with Gasteiger partial charge in [0.1, 0.15) is 0 Å². The van der Waals surface area contributed by atoms with Crippen molar-refractivity contribution < 1.29 is 4.79 Å². The van der Waals surface area contributed by atoms with Gasteiger partial charge in [-0.25, -0.2) is 9.97 Å². The molecule has 0 bridgehead atoms. The molecule has 0 aliphatic heterocycles. The second kappa shape index (κ2) is 7.99. The van der Waals surface area contributed by atoms with Gasteiger partial charge in [-0.15, -0.1) is 0 Å². The molecule has 0 atom stereocenters. The number of nitrogen functional groups attached to an aromatic ring is 1. The average Bonchev–Trinajstić information content (AvgIpc) is 2.64. The minimum atomic E-state index is -0.398. The van der Waals surface area contributed by atoms with Crippen molar-refractivity contribution in [3.63, 3.8) is 0 Å². The van der Waals surface area contributed by atoms with Crippen LogP contribution in [-0.4, -0.2) is 15.9 Å². The summed E-state index contributed by atoms with van der Waals surface area (Å²) >= 11 is 1.25. The maximum Gasteiger partial charge on any atom is 0.278 e. The zero-order valence-corrected chi connectivity index (χ0v) is 15.1. The van der Waals surface area contributed by atoms with E-state index < -0.39 is 5.91 Å². The van der Waals surface area contributed by atoms with Gasteiger partial charge < -0.3 is 11.1 Å². The molecule has 2 aromatic carbocycles. The number of nitrogens with one attached hydrogen (secondary N) is 1. The van der Waals surface area contributed by atoms with Gasteiger partial charge in [0.05, 0.1) is 11.9 Å². The largest absolute Gasteiger partial charge is 0.382 e. The molecule has 6 nitrogen and oxygen atoms in total. The predicted molar refractivity (Wildman–Crippen MR) is 106 cm³/mol. The topological polar surface area (TPSA) is 107 Å². The molecule has 1 heterocycles. The lowest BCUT2D eigenvalue weighted by Gasteiger charge is -2.09. The van der Waals surface area contributed by atoms with E-state index in [4.69, 9.17) is 10.9 Å². The molecule has 0 aliphatic rings. The number of aromatic nitrogens is 2. The maximum absolute atomic E-state index is 12.6. The maximum atomic E-state index is 12.6. The fraction of sp³-hybridized carbons (Fsp3) is 0.105. The zero-order chi connectivity index (χ0) is 18.5. The predicted octanol–water partition coefficient (Wildman–Crippen LogP) is 3.39. The SMILES string of the molecule is Cc1ccc(-c2cnc(N)c(C(=O)Nc3ccc(CSN)cc3)n2)cc1. The molecule has 7 heteroatoms. The van der Waals surface area contributed by atoms with Crippen LogP contribution in [0.25, 0.3) is 11.3 Å². The number of aryl methyl sites for hydroxylation is 1. The Morgan fingerprint density at radius 1 is 1.12 bits per heavy atom. The van der Waals surface area contributed by atoms with Crippen LogP contribution in [0.2, 0.25) is 0 Å². The summed E-state index contributed by atoms with van der Waals surface area (Å²) in [5.74, 6) is 0.407. The van der Waals surface area contributed by atoms with Gasteiger partial charge in [-0.1, -0.05) is 53.9 Å². The molecule has 132 valence electrons. The normalized spacial score (nSPS) is 10.5. The quantitative estimate of drug-likeness (QED) is 0.598. The third-order valence-electron chi connectivity index (χ3n) is 3.83. The van der Waals surface area contributed by atoms with Crippen molar-refractivity contribution >= 4 is 29.4 Å². The highest BCUT2D eigenvalue weighted by molar-refractivity contribution is 7.96. The number of rotatable bonds is 5. The van der Waals surface area contributed by atoms with Gasteiger partial charge in [-0.3, -0.25) is 9.93 Å². The molecule has 3 rings (SSSR count). The first kappa shape index (κ1) is 17.9. The van der Waals surface area contributed by atoms with Crippen molar-refractivity contribution in [3.8, 4) is 11.3 Å². The molecule has 5 N–H and O–H groups in total. The second-order valence-corrected chi connectivity index (χ2v) is 6.44. The van der Waals surface area contributed by atoms with Crippen LogP contribution in [0, 0.1) is 6.92 Å². The highest BCUT2D eigenvalue weighted by atomic mass is 32.2. The van der Waals surface area contributed by atoms with Crippen LogP contribution in [0.1, 0.15) is 21.6 Å². The summed E-state index contributed by atoms with van der Waals surface area (Å²) in [6.07, 6.45) is 1.57. The molecule has 0 radical (unpaired) electrons. The number of anilines is 2. The number of amides is 1. The first-order valence-electron chi connectivity index (χ1n) is 7.98. The number of hydrogen-bond donors (Lipinski definition) is 3. The van der Waals surface area contributed by atoms with Crippen molar-refractivity contribution in [2.45, 2.75) is 12.7 Å². The van der Waals surface area contributed by atoms with Crippen molar-refractivity contribution in [3.05, 3.63) is 71.5 Å². The Hall–Kier alpha value is -2.90. The molecule has 1 amide bonds. The van der Waals surface area contributed by atoms with Crippen LogP contribution in [0.4, 0.5) is 11.5 Å². The number of carbonyl (C=O) groups excluding carboxylic acids is 1. The van der Waals surface area contributed by atoms with E-state index in [0.29, 0.717) is 17.1 Å². The molecule has 0 aliphatic carbocycles. The molecule has 0 saturated heterocycles. The minimum absolute atomic E-state index is 0.0921. The number of carbonyl (C=O) groups is 1. The summed E-state index contributed by atoms with van der Waals surface area (Å²) in [5, 5.41) is 8.26.